The predicted octanol–water partition coefficient (Wildman–Crippen LogP) is 2.86. The van der Waals surface area contributed by atoms with Gasteiger partial charge in [0.05, 0.1) is 11.6 Å². The molecule has 0 heterocycles. The zero-order valence-corrected chi connectivity index (χ0v) is 7.46. The molecule has 4 heteroatoms. The molecule has 0 aliphatic rings. The second kappa shape index (κ2) is 3.48. The van der Waals surface area contributed by atoms with Gasteiger partial charge in [0.15, 0.2) is 0 Å². The Morgan fingerprint density at radius 3 is 2.73 bits per heavy atom. The molecule has 0 saturated heterocycles. The van der Waals surface area contributed by atoms with Gasteiger partial charge in [-0.25, -0.2) is 0 Å². The lowest BCUT2D eigenvalue weighted by molar-refractivity contribution is 0.412. The van der Waals surface area contributed by atoms with Crippen molar-refractivity contribution in [1.29, 1.82) is 0 Å². The summed E-state index contributed by atoms with van der Waals surface area (Å²) in [7, 11) is 1.56. The molecule has 1 aromatic carbocycles. The highest BCUT2D eigenvalue weighted by atomic mass is 79.9. The van der Waals surface area contributed by atoms with Crippen LogP contribution in [0, 0.1) is 4.91 Å². The maximum Gasteiger partial charge on any atom is 0.133 e. The molecule has 3 nitrogen and oxygen atoms in total. The van der Waals surface area contributed by atoms with E-state index in [2.05, 4.69) is 21.1 Å². The van der Waals surface area contributed by atoms with Crippen LogP contribution in [0.25, 0.3) is 0 Å². The number of ether oxygens (including phenoxy) is 1. The lowest BCUT2D eigenvalue weighted by Crippen LogP contribution is -1.82. The monoisotopic (exact) mass is 215 g/mol. The molecule has 1 aromatic rings. The van der Waals surface area contributed by atoms with Crippen LogP contribution < -0.4 is 4.74 Å². The van der Waals surface area contributed by atoms with Crippen LogP contribution in [0.1, 0.15) is 0 Å². The van der Waals surface area contributed by atoms with Crippen molar-refractivity contribution in [3.05, 3.63) is 27.6 Å². The van der Waals surface area contributed by atoms with E-state index in [1.54, 1.807) is 25.3 Å². The Labute approximate surface area is 72.5 Å². The zero-order chi connectivity index (χ0) is 8.27. The molecule has 0 radical (unpaired) electrons. The maximum atomic E-state index is 10.0. The molecule has 11 heavy (non-hydrogen) atoms. The minimum Gasteiger partial charge on any atom is -0.496 e. The van der Waals surface area contributed by atoms with E-state index in [0.717, 1.165) is 4.47 Å². The second-order valence-corrected chi connectivity index (χ2v) is 2.76. The predicted molar refractivity (Wildman–Crippen MR) is 46.1 cm³/mol. The number of halogens is 1. The highest BCUT2D eigenvalue weighted by molar-refractivity contribution is 9.10. The van der Waals surface area contributed by atoms with E-state index >= 15 is 0 Å². The van der Waals surface area contributed by atoms with Crippen LogP contribution in [0.3, 0.4) is 0 Å². The largest absolute Gasteiger partial charge is 0.496 e. The highest BCUT2D eigenvalue weighted by Crippen LogP contribution is 2.28. The molecule has 0 unspecified atom stereocenters. The number of hydrogen-bond donors (Lipinski definition) is 0. The summed E-state index contributed by atoms with van der Waals surface area (Å²) in [5.41, 5.74) is 0.387. The normalized spacial score (nSPS) is 9.27. The van der Waals surface area contributed by atoms with Crippen LogP contribution in [0.4, 0.5) is 5.69 Å². The number of nitrogens with zero attached hydrogens (tertiary/aromatic N) is 1. The van der Waals surface area contributed by atoms with Gasteiger partial charge in [0.2, 0.25) is 0 Å². The summed E-state index contributed by atoms with van der Waals surface area (Å²) in [5.74, 6) is 0.692. The molecule has 0 N–H and O–H groups in total. The summed E-state index contributed by atoms with van der Waals surface area (Å²) < 4.78 is 5.69. The van der Waals surface area contributed by atoms with Crippen molar-refractivity contribution in [2.75, 3.05) is 7.11 Å². The van der Waals surface area contributed by atoms with Crippen molar-refractivity contribution in [2.24, 2.45) is 5.18 Å². The Kier molecular flexibility index (Phi) is 2.59. The molecule has 58 valence electrons. The third-order valence-corrected chi connectivity index (χ3v) is 1.86. The van der Waals surface area contributed by atoms with Crippen molar-refractivity contribution < 1.29 is 4.74 Å². The van der Waals surface area contributed by atoms with Gasteiger partial charge in [-0.1, -0.05) is 0 Å². The van der Waals surface area contributed by atoms with Gasteiger partial charge >= 0.3 is 0 Å². The van der Waals surface area contributed by atoms with E-state index in [9.17, 15) is 4.91 Å². The first-order valence-electron chi connectivity index (χ1n) is 2.95. The molecule has 0 aliphatic heterocycles. The molecular formula is C7H6BrNO2. The van der Waals surface area contributed by atoms with Crippen LogP contribution in [-0.2, 0) is 0 Å². The fraction of sp³-hybridized carbons (Fsp3) is 0.143. The standard InChI is InChI=1S/C7H6BrNO2/c1-11-7-3-2-5(9-10)4-6(7)8/h2-4H,1H3. The second-order valence-electron chi connectivity index (χ2n) is 1.91. The van der Waals surface area contributed by atoms with Crippen LogP contribution in [0.15, 0.2) is 27.8 Å². The summed E-state index contributed by atoms with van der Waals surface area (Å²) in [6, 6.07) is 4.88. The van der Waals surface area contributed by atoms with E-state index in [4.69, 9.17) is 4.74 Å². The van der Waals surface area contributed by atoms with Gasteiger partial charge in [-0.2, -0.15) is 0 Å². The SMILES string of the molecule is COc1ccc(N=O)cc1Br. The third kappa shape index (κ3) is 1.77. The summed E-state index contributed by atoms with van der Waals surface area (Å²) in [4.78, 5) is 10.0. The Hall–Kier alpha value is -0.900. The summed E-state index contributed by atoms with van der Waals surface area (Å²) >= 11 is 3.22. The Morgan fingerprint density at radius 2 is 2.27 bits per heavy atom. The van der Waals surface area contributed by atoms with Gasteiger partial charge in [-0.3, -0.25) is 0 Å². The molecule has 0 spiro atoms. The Morgan fingerprint density at radius 1 is 1.55 bits per heavy atom. The first kappa shape index (κ1) is 8.20. The molecule has 0 aliphatic carbocycles. The third-order valence-electron chi connectivity index (χ3n) is 1.24. The van der Waals surface area contributed by atoms with Crippen molar-refractivity contribution in [3.8, 4) is 5.75 Å². The Balaban J connectivity index is 3.09. The van der Waals surface area contributed by atoms with Crippen molar-refractivity contribution in [3.63, 3.8) is 0 Å². The van der Waals surface area contributed by atoms with Gasteiger partial charge in [0, 0.05) is 0 Å². The molecule has 0 bridgehead atoms. The van der Waals surface area contributed by atoms with Gasteiger partial charge < -0.3 is 4.74 Å². The fourth-order valence-corrected chi connectivity index (χ4v) is 1.24. The van der Waals surface area contributed by atoms with Crippen molar-refractivity contribution in [2.45, 2.75) is 0 Å². The van der Waals surface area contributed by atoms with Crippen molar-refractivity contribution in [1.82, 2.24) is 0 Å². The number of rotatable bonds is 2. The minimum atomic E-state index is 0.387. The lowest BCUT2D eigenvalue weighted by Gasteiger charge is -2.00. The number of nitroso groups, excluding NO2 is 1. The van der Waals surface area contributed by atoms with Gasteiger partial charge in [-0.05, 0) is 39.3 Å². The molecule has 0 aromatic heterocycles. The van der Waals surface area contributed by atoms with E-state index < -0.39 is 0 Å². The van der Waals surface area contributed by atoms with E-state index in [-0.39, 0.29) is 0 Å². The minimum absolute atomic E-state index is 0.387. The van der Waals surface area contributed by atoms with E-state index in [1.165, 1.54) is 0 Å². The Bertz CT molecular complexity index is 275. The first-order chi connectivity index (χ1) is 5.27. The lowest BCUT2D eigenvalue weighted by atomic mass is 10.3. The quantitative estimate of drug-likeness (QED) is 0.713. The number of hydrogen-bond acceptors (Lipinski definition) is 3. The topological polar surface area (TPSA) is 38.7 Å². The zero-order valence-electron chi connectivity index (χ0n) is 5.87. The fourth-order valence-electron chi connectivity index (χ4n) is 0.712. The van der Waals surface area contributed by atoms with Crippen LogP contribution >= 0.6 is 15.9 Å². The highest BCUT2D eigenvalue weighted by Gasteiger charge is 1.99. The summed E-state index contributed by atoms with van der Waals surface area (Å²) in [6.45, 7) is 0. The van der Waals surface area contributed by atoms with Gasteiger partial charge in [0.1, 0.15) is 11.4 Å². The first-order valence-corrected chi connectivity index (χ1v) is 3.74. The average Bonchev–Trinajstić information content (AvgIpc) is 2.04. The molecule has 0 atom stereocenters. The van der Waals surface area contributed by atoms with Crippen LogP contribution in [-0.4, -0.2) is 7.11 Å². The van der Waals surface area contributed by atoms with E-state index in [1.807, 2.05) is 0 Å². The maximum absolute atomic E-state index is 10.0. The summed E-state index contributed by atoms with van der Waals surface area (Å²) in [6.07, 6.45) is 0. The van der Waals surface area contributed by atoms with Gasteiger partial charge in [0.25, 0.3) is 0 Å². The average molecular weight is 216 g/mol. The number of methoxy groups -OCH3 is 1. The molecule has 0 saturated carbocycles. The van der Waals surface area contributed by atoms with Crippen LogP contribution in [0.2, 0.25) is 0 Å². The molecular weight excluding hydrogens is 210 g/mol. The summed E-state index contributed by atoms with van der Waals surface area (Å²) in [5, 5.41) is 2.77. The van der Waals surface area contributed by atoms with Crippen molar-refractivity contribution >= 4 is 21.6 Å². The molecule has 1 rings (SSSR count). The smallest absolute Gasteiger partial charge is 0.133 e. The van der Waals surface area contributed by atoms with E-state index in [0.29, 0.717) is 11.4 Å². The van der Waals surface area contributed by atoms with Gasteiger partial charge in [-0.15, -0.1) is 4.91 Å². The molecule has 0 fully saturated rings. The number of benzene rings is 1. The molecule has 0 amide bonds. The van der Waals surface area contributed by atoms with Crippen LogP contribution in [0.5, 0.6) is 5.75 Å².